The quantitative estimate of drug-likeness (QED) is 0.233. The topological polar surface area (TPSA) is 144 Å². The third-order valence-corrected chi connectivity index (χ3v) is 7.59. The molecule has 1 fully saturated rings. The number of aliphatic hydroxyl groups is 1. The number of piperidine rings is 1. The summed E-state index contributed by atoms with van der Waals surface area (Å²) in [5.41, 5.74) is 1.56. The van der Waals surface area contributed by atoms with Crippen LogP contribution in [0.3, 0.4) is 0 Å². The van der Waals surface area contributed by atoms with Crippen LogP contribution in [0.25, 0.3) is 11.0 Å². The molecule has 2 amide bonds. The van der Waals surface area contributed by atoms with E-state index in [-0.39, 0.29) is 29.7 Å². The lowest BCUT2D eigenvalue weighted by Gasteiger charge is -2.42. The summed E-state index contributed by atoms with van der Waals surface area (Å²) in [4.78, 5) is 40.5. The Morgan fingerprint density at radius 2 is 1.93 bits per heavy atom. The summed E-state index contributed by atoms with van der Waals surface area (Å²) in [7, 11) is 1.94. The number of aromatic nitrogens is 4. The van der Waals surface area contributed by atoms with Crippen LogP contribution in [0.4, 0.5) is 16.3 Å². The van der Waals surface area contributed by atoms with E-state index in [1.165, 1.54) is 11.2 Å². The zero-order chi connectivity index (χ0) is 31.6. The Morgan fingerprint density at radius 1 is 1.14 bits per heavy atom. The first-order chi connectivity index (χ1) is 20.9. The molecular weight excluding hydrogens is 586 g/mol. The van der Waals surface area contributed by atoms with Gasteiger partial charge in [0.2, 0.25) is 0 Å². The Bertz CT molecular complexity index is 1700. The number of carbonyl (C=O) groups is 2. The predicted octanol–water partition coefficient (Wildman–Crippen LogP) is 5.35. The van der Waals surface area contributed by atoms with Crippen LogP contribution >= 0.6 is 11.6 Å². The minimum Gasteiger partial charge on any atom is -0.457 e. The van der Waals surface area contributed by atoms with Crippen LogP contribution in [0.5, 0.6) is 11.5 Å². The van der Waals surface area contributed by atoms with E-state index in [2.05, 4.69) is 25.6 Å². The maximum absolute atomic E-state index is 13.6. The van der Waals surface area contributed by atoms with Crippen molar-refractivity contribution in [1.82, 2.24) is 29.7 Å². The Labute approximate surface area is 260 Å². The molecule has 4 aromatic rings. The third kappa shape index (κ3) is 6.87. The summed E-state index contributed by atoms with van der Waals surface area (Å²) in [5.74, 6) is 0.914. The average molecular weight is 622 g/mol. The molecule has 0 radical (unpaired) electrons. The molecule has 13 heteroatoms. The molecule has 2 aromatic heterocycles. The van der Waals surface area contributed by atoms with Gasteiger partial charge in [0, 0.05) is 31.9 Å². The summed E-state index contributed by atoms with van der Waals surface area (Å²) in [5, 5.41) is 16.4. The molecule has 1 aliphatic heterocycles. The van der Waals surface area contributed by atoms with Gasteiger partial charge in [0.1, 0.15) is 40.0 Å². The molecule has 5 rings (SSSR count). The van der Waals surface area contributed by atoms with Gasteiger partial charge in [-0.05, 0) is 76.4 Å². The van der Waals surface area contributed by atoms with Gasteiger partial charge in [-0.15, -0.1) is 0 Å². The number of ether oxygens (including phenoxy) is 2. The molecule has 1 atom stereocenters. The van der Waals surface area contributed by atoms with Gasteiger partial charge in [-0.1, -0.05) is 11.6 Å². The van der Waals surface area contributed by atoms with Crippen molar-refractivity contribution in [3.05, 3.63) is 65.3 Å². The molecule has 3 heterocycles. The zero-order valence-corrected chi connectivity index (χ0v) is 26.1. The molecular formula is C31H36ClN7O5. The monoisotopic (exact) mass is 621 g/mol. The normalized spacial score (nSPS) is 16.9. The van der Waals surface area contributed by atoms with Crippen molar-refractivity contribution < 1.29 is 24.2 Å². The Kier molecular flexibility index (Phi) is 8.66. The molecule has 1 unspecified atom stereocenters. The number of aliphatic hydroxyl groups excluding tert-OH is 1. The van der Waals surface area contributed by atoms with Crippen molar-refractivity contribution in [2.45, 2.75) is 51.7 Å². The highest BCUT2D eigenvalue weighted by Crippen LogP contribution is 2.32. The van der Waals surface area contributed by atoms with Gasteiger partial charge in [-0.3, -0.25) is 4.79 Å². The number of hydrogen-bond acceptors (Lipinski definition) is 9. The second-order valence-electron chi connectivity index (χ2n) is 12.0. The lowest BCUT2D eigenvalue weighted by atomic mass is 9.89. The molecule has 44 heavy (non-hydrogen) atoms. The number of nitrogens with zero attached hydrogens (tertiary/aromatic N) is 5. The van der Waals surface area contributed by atoms with Crippen LogP contribution in [-0.2, 0) is 11.8 Å². The van der Waals surface area contributed by atoms with Crippen LogP contribution in [-0.4, -0.2) is 72.4 Å². The highest BCUT2D eigenvalue weighted by atomic mass is 35.5. The molecule has 0 bridgehead atoms. The maximum Gasteiger partial charge on any atom is 0.410 e. The number of benzene rings is 2. The highest BCUT2D eigenvalue weighted by Gasteiger charge is 2.40. The first kappa shape index (κ1) is 31.0. The summed E-state index contributed by atoms with van der Waals surface area (Å²) in [6.07, 6.45) is 3.52. The smallest absolute Gasteiger partial charge is 0.410 e. The van der Waals surface area contributed by atoms with Crippen molar-refractivity contribution in [3.8, 4) is 11.5 Å². The Morgan fingerprint density at radius 3 is 2.66 bits per heavy atom. The van der Waals surface area contributed by atoms with E-state index in [9.17, 15) is 14.7 Å². The van der Waals surface area contributed by atoms with E-state index in [1.807, 2.05) is 48.9 Å². The number of fused-ring (bicyclic) bond motifs is 1. The summed E-state index contributed by atoms with van der Waals surface area (Å²) in [6, 6.07) is 11.2. The van der Waals surface area contributed by atoms with Crippen molar-refractivity contribution in [1.29, 1.82) is 0 Å². The van der Waals surface area contributed by atoms with Gasteiger partial charge in [-0.2, -0.15) is 0 Å². The van der Waals surface area contributed by atoms with E-state index in [4.69, 9.17) is 21.1 Å². The van der Waals surface area contributed by atoms with Crippen LogP contribution < -0.4 is 15.4 Å². The van der Waals surface area contributed by atoms with Gasteiger partial charge in [0.25, 0.3) is 5.91 Å². The SMILES string of the molecule is Cc1cc(Nc2ncnc(Cl)c2C(=O)NC2(CO)CCCN(C(=O)OC(C)(C)C)C2)ccc1Oc1ccc2c(c1)ncn2C. The molecule has 0 aliphatic carbocycles. The largest absolute Gasteiger partial charge is 0.457 e. The molecule has 1 saturated heterocycles. The van der Waals surface area contributed by atoms with Crippen molar-refractivity contribution in [2.24, 2.45) is 7.05 Å². The number of amides is 2. The number of aryl methyl sites for hydroxylation is 2. The minimum absolute atomic E-state index is 0.0121. The molecule has 2 aromatic carbocycles. The number of likely N-dealkylation sites (tertiary alicyclic amines) is 1. The van der Waals surface area contributed by atoms with Gasteiger partial charge in [0.05, 0.1) is 29.5 Å². The van der Waals surface area contributed by atoms with Gasteiger partial charge < -0.3 is 34.7 Å². The number of anilines is 2. The Balaban J connectivity index is 1.32. The number of rotatable bonds is 7. The highest BCUT2D eigenvalue weighted by molar-refractivity contribution is 6.33. The van der Waals surface area contributed by atoms with Crippen LogP contribution in [0.2, 0.25) is 5.15 Å². The lowest BCUT2D eigenvalue weighted by Crippen LogP contribution is -2.62. The number of halogens is 1. The van der Waals surface area contributed by atoms with Crippen LogP contribution in [0.15, 0.2) is 49.1 Å². The van der Waals surface area contributed by atoms with Crippen molar-refractivity contribution >= 4 is 46.1 Å². The molecule has 1 aliphatic rings. The number of hydrogen-bond donors (Lipinski definition) is 3. The molecule has 12 nitrogen and oxygen atoms in total. The number of imidazole rings is 1. The fourth-order valence-electron chi connectivity index (χ4n) is 5.13. The van der Waals surface area contributed by atoms with E-state index in [1.54, 1.807) is 33.2 Å². The lowest BCUT2D eigenvalue weighted by molar-refractivity contribution is 0.00374. The first-order valence-corrected chi connectivity index (χ1v) is 14.6. The predicted molar refractivity (Wildman–Crippen MR) is 167 cm³/mol. The van der Waals surface area contributed by atoms with E-state index in [0.29, 0.717) is 36.6 Å². The first-order valence-electron chi connectivity index (χ1n) is 14.2. The fourth-order valence-corrected chi connectivity index (χ4v) is 5.35. The summed E-state index contributed by atoms with van der Waals surface area (Å²) >= 11 is 6.41. The van der Waals surface area contributed by atoms with E-state index >= 15 is 0 Å². The van der Waals surface area contributed by atoms with Crippen LogP contribution in [0, 0.1) is 6.92 Å². The van der Waals surface area contributed by atoms with E-state index < -0.39 is 23.1 Å². The minimum atomic E-state index is -1.10. The second-order valence-corrected chi connectivity index (χ2v) is 12.4. The number of nitrogens with one attached hydrogen (secondary N) is 2. The number of carbonyl (C=O) groups excluding carboxylic acids is 2. The summed E-state index contributed by atoms with van der Waals surface area (Å²) in [6.45, 7) is 7.40. The molecule has 0 spiro atoms. The fraction of sp³-hybridized carbons (Fsp3) is 0.387. The molecule has 232 valence electrons. The average Bonchev–Trinajstić information content (AvgIpc) is 3.33. The summed E-state index contributed by atoms with van der Waals surface area (Å²) < 4.78 is 13.6. The molecule has 3 N–H and O–H groups in total. The zero-order valence-electron chi connectivity index (χ0n) is 25.3. The standard InChI is InChI=1S/C31H36ClN7O5/c1-19-13-20(7-10-24(19)43-21-8-9-23-22(14-21)35-18-38(23)5)36-27-25(26(32)33-17-34-27)28(41)37-31(16-40)11-6-12-39(15-31)29(42)44-30(2,3)4/h7-10,13-14,17-18,40H,6,11-12,15-16H2,1-5H3,(H,37,41)(H,33,34,36). The van der Waals surface area contributed by atoms with Crippen molar-refractivity contribution in [3.63, 3.8) is 0 Å². The third-order valence-electron chi connectivity index (χ3n) is 7.30. The van der Waals surface area contributed by atoms with E-state index in [0.717, 1.165) is 16.6 Å². The van der Waals surface area contributed by atoms with Gasteiger partial charge >= 0.3 is 6.09 Å². The Hall–Kier alpha value is -4.42. The van der Waals surface area contributed by atoms with Gasteiger partial charge in [0.15, 0.2) is 0 Å². The van der Waals surface area contributed by atoms with Crippen LogP contribution in [0.1, 0.15) is 49.5 Å². The maximum atomic E-state index is 13.6. The second kappa shape index (κ2) is 12.3. The van der Waals surface area contributed by atoms with Gasteiger partial charge in [-0.25, -0.2) is 19.7 Å². The van der Waals surface area contributed by atoms with Crippen molar-refractivity contribution in [2.75, 3.05) is 25.0 Å². The molecule has 0 saturated carbocycles.